The molecule has 1 unspecified atom stereocenters. The van der Waals surface area contributed by atoms with Gasteiger partial charge in [0, 0.05) is 29.3 Å². The van der Waals surface area contributed by atoms with Crippen molar-refractivity contribution in [2.24, 2.45) is 4.99 Å². The van der Waals surface area contributed by atoms with Gasteiger partial charge in [-0.25, -0.2) is 5.48 Å². The molecule has 134 valence electrons. The fraction of sp³-hybridized carbons (Fsp3) is 0.167. The lowest BCUT2D eigenvalue weighted by atomic mass is 9.91. The first kappa shape index (κ1) is 17.8. The Balaban J connectivity index is 1.82. The first-order valence-electron chi connectivity index (χ1n) is 7.61. The van der Waals surface area contributed by atoms with Gasteiger partial charge in [0.1, 0.15) is 6.04 Å². The second kappa shape index (κ2) is 6.72. The third-order valence-corrected chi connectivity index (χ3v) is 4.09. The number of hydrogen-bond donors (Lipinski definition) is 2. The van der Waals surface area contributed by atoms with Crippen LogP contribution in [-0.4, -0.2) is 29.2 Å². The molecule has 0 radical (unpaired) electrons. The number of aliphatic imine (C=N–C) groups is 1. The molecule has 1 amide bonds. The molecule has 1 aliphatic rings. The van der Waals surface area contributed by atoms with E-state index in [0.717, 1.165) is 12.1 Å². The highest BCUT2D eigenvalue weighted by molar-refractivity contribution is 6.11. The molecular weight excluding hydrogens is 349 g/mol. The van der Waals surface area contributed by atoms with Crippen LogP contribution in [0.15, 0.2) is 47.5 Å². The summed E-state index contributed by atoms with van der Waals surface area (Å²) in [5.74, 6) is -1.09. The molecule has 0 bridgehead atoms. The molecular formula is C18H13F3N2O3. The monoisotopic (exact) mass is 362 g/mol. The van der Waals surface area contributed by atoms with Crippen LogP contribution in [0.2, 0.25) is 0 Å². The Morgan fingerprint density at radius 2 is 1.85 bits per heavy atom. The molecule has 3 rings (SSSR count). The molecule has 2 N–H and O–H groups in total. The smallest absolute Gasteiger partial charge is 0.292 e. The molecule has 1 atom stereocenters. The lowest BCUT2D eigenvalue weighted by molar-refractivity contribution is -0.137. The average Bonchev–Trinajstić information content (AvgIpc) is 2.63. The number of ketones is 1. The van der Waals surface area contributed by atoms with Crippen molar-refractivity contribution in [3.8, 4) is 0 Å². The summed E-state index contributed by atoms with van der Waals surface area (Å²) in [5.41, 5.74) is 2.20. The predicted molar refractivity (Wildman–Crippen MR) is 86.6 cm³/mol. The molecule has 1 heterocycles. The quantitative estimate of drug-likeness (QED) is 0.651. The fourth-order valence-electron chi connectivity index (χ4n) is 2.70. The predicted octanol–water partition coefficient (Wildman–Crippen LogP) is 3.05. The van der Waals surface area contributed by atoms with Crippen LogP contribution in [0.25, 0.3) is 0 Å². The molecule has 0 saturated carbocycles. The Morgan fingerprint density at radius 1 is 1.15 bits per heavy atom. The number of benzene rings is 2. The van der Waals surface area contributed by atoms with Gasteiger partial charge in [0.25, 0.3) is 5.91 Å². The van der Waals surface area contributed by atoms with Gasteiger partial charge in [0.2, 0.25) is 0 Å². The van der Waals surface area contributed by atoms with Crippen LogP contribution >= 0.6 is 0 Å². The third kappa shape index (κ3) is 3.50. The standard InChI is InChI=1S/C18H13F3N2O3/c19-18(20,21)13-5-1-10(2-6-13)7-15-16(24)14-8-11(17(25)23-26)3-4-12(14)9-22-15/h1-6,8-9,15,26H,7H2,(H,23,25). The summed E-state index contributed by atoms with van der Waals surface area (Å²) in [7, 11) is 0. The number of hydrogen-bond acceptors (Lipinski definition) is 4. The molecule has 2 aromatic carbocycles. The molecule has 5 nitrogen and oxygen atoms in total. The minimum atomic E-state index is -4.42. The zero-order chi connectivity index (χ0) is 18.9. The number of nitrogens with zero attached hydrogens (tertiary/aromatic N) is 1. The van der Waals surface area contributed by atoms with Gasteiger partial charge >= 0.3 is 6.18 Å². The van der Waals surface area contributed by atoms with E-state index in [-0.39, 0.29) is 23.3 Å². The zero-order valence-electron chi connectivity index (χ0n) is 13.2. The summed E-state index contributed by atoms with van der Waals surface area (Å²) >= 11 is 0. The van der Waals surface area contributed by atoms with E-state index in [1.165, 1.54) is 42.0 Å². The van der Waals surface area contributed by atoms with Crippen molar-refractivity contribution in [2.75, 3.05) is 0 Å². The van der Waals surface area contributed by atoms with Crippen LogP contribution in [0.1, 0.15) is 37.4 Å². The number of carbonyl (C=O) groups excluding carboxylic acids is 2. The molecule has 0 fully saturated rings. The molecule has 1 aliphatic heterocycles. The maximum Gasteiger partial charge on any atom is 0.416 e. The van der Waals surface area contributed by atoms with E-state index in [1.807, 2.05) is 0 Å². The van der Waals surface area contributed by atoms with E-state index in [1.54, 1.807) is 0 Å². The van der Waals surface area contributed by atoms with Gasteiger partial charge in [-0.2, -0.15) is 13.2 Å². The summed E-state index contributed by atoms with van der Waals surface area (Å²) < 4.78 is 37.8. The van der Waals surface area contributed by atoms with Crippen molar-refractivity contribution in [1.29, 1.82) is 0 Å². The van der Waals surface area contributed by atoms with Crippen LogP contribution in [0, 0.1) is 0 Å². The number of halogens is 3. The maximum absolute atomic E-state index is 12.6. The van der Waals surface area contributed by atoms with E-state index in [9.17, 15) is 22.8 Å². The molecule has 2 aromatic rings. The second-order valence-electron chi connectivity index (χ2n) is 5.80. The lowest BCUT2D eigenvalue weighted by Crippen LogP contribution is -2.27. The van der Waals surface area contributed by atoms with Crippen LogP contribution < -0.4 is 5.48 Å². The number of hydroxylamine groups is 1. The number of alkyl halides is 3. The van der Waals surface area contributed by atoms with Gasteiger partial charge in [-0.05, 0) is 29.8 Å². The normalized spacial score (nSPS) is 16.3. The summed E-state index contributed by atoms with van der Waals surface area (Å²) in [4.78, 5) is 28.3. The molecule has 0 saturated heterocycles. The van der Waals surface area contributed by atoms with Crippen LogP contribution in [0.4, 0.5) is 13.2 Å². The van der Waals surface area contributed by atoms with Crippen molar-refractivity contribution in [3.05, 3.63) is 70.3 Å². The second-order valence-corrected chi connectivity index (χ2v) is 5.80. The van der Waals surface area contributed by atoms with Gasteiger partial charge in [0.05, 0.1) is 5.56 Å². The van der Waals surface area contributed by atoms with E-state index < -0.39 is 23.7 Å². The lowest BCUT2D eigenvalue weighted by Gasteiger charge is -2.18. The highest BCUT2D eigenvalue weighted by atomic mass is 19.4. The summed E-state index contributed by atoms with van der Waals surface area (Å²) in [6.45, 7) is 0. The first-order chi connectivity index (χ1) is 12.3. The van der Waals surface area contributed by atoms with Gasteiger partial charge in [-0.1, -0.05) is 18.2 Å². The number of nitrogens with one attached hydrogen (secondary N) is 1. The zero-order valence-corrected chi connectivity index (χ0v) is 13.2. The van der Waals surface area contributed by atoms with Crippen molar-refractivity contribution < 1.29 is 28.0 Å². The fourth-order valence-corrected chi connectivity index (χ4v) is 2.70. The van der Waals surface area contributed by atoms with Crippen molar-refractivity contribution in [3.63, 3.8) is 0 Å². The molecule has 0 aromatic heterocycles. The summed E-state index contributed by atoms with van der Waals surface area (Å²) in [6, 6.07) is 8.11. The number of carbonyl (C=O) groups is 2. The van der Waals surface area contributed by atoms with E-state index in [0.29, 0.717) is 11.1 Å². The van der Waals surface area contributed by atoms with Gasteiger partial charge in [0.15, 0.2) is 5.78 Å². The molecule has 0 aliphatic carbocycles. The van der Waals surface area contributed by atoms with E-state index in [4.69, 9.17) is 5.21 Å². The summed E-state index contributed by atoms with van der Waals surface area (Å²) in [5, 5.41) is 8.69. The van der Waals surface area contributed by atoms with Crippen LogP contribution in [0.5, 0.6) is 0 Å². The number of amides is 1. The van der Waals surface area contributed by atoms with Gasteiger partial charge in [-0.3, -0.25) is 19.8 Å². The Kier molecular flexibility index (Phi) is 4.60. The summed E-state index contributed by atoms with van der Waals surface area (Å²) in [6.07, 6.45) is -2.78. The maximum atomic E-state index is 12.6. The number of Topliss-reactive ketones (excluding diaryl/α,β-unsaturated/α-hetero) is 1. The van der Waals surface area contributed by atoms with E-state index in [2.05, 4.69) is 4.99 Å². The Bertz CT molecular complexity index is 890. The van der Waals surface area contributed by atoms with Crippen molar-refractivity contribution in [1.82, 2.24) is 5.48 Å². The van der Waals surface area contributed by atoms with E-state index >= 15 is 0 Å². The van der Waals surface area contributed by atoms with Crippen LogP contribution in [0.3, 0.4) is 0 Å². The highest BCUT2D eigenvalue weighted by Gasteiger charge is 2.30. The SMILES string of the molecule is O=C(NO)c1ccc2c(c1)C(=O)C(Cc1ccc(C(F)(F)F)cc1)N=C2. The molecule has 0 spiro atoms. The number of fused-ring (bicyclic) bond motifs is 1. The van der Waals surface area contributed by atoms with Crippen LogP contribution in [-0.2, 0) is 12.6 Å². The average molecular weight is 362 g/mol. The third-order valence-electron chi connectivity index (χ3n) is 4.09. The number of rotatable bonds is 3. The first-order valence-corrected chi connectivity index (χ1v) is 7.61. The van der Waals surface area contributed by atoms with Gasteiger partial charge in [-0.15, -0.1) is 0 Å². The Hall–Kier alpha value is -3.00. The largest absolute Gasteiger partial charge is 0.416 e. The molecule has 8 heteroatoms. The highest BCUT2D eigenvalue weighted by Crippen LogP contribution is 2.29. The topological polar surface area (TPSA) is 78.8 Å². The molecule has 26 heavy (non-hydrogen) atoms. The van der Waals surface area contributed by atoms with Crippen molar-refractivity contribution >= 4 is 17.9 Å². The Labute approximate surface area is 146 Å². The van der Waals surface area contributed by atoms with Crippen molar-refractivity contribution in [2.45, 2.75) is 18.6 Å². The minimum absolute atomic E-state index is 0.114. The Morgan fingerprint density at radius 3 is 2.46 bits per heavy atom. The van der Waals surface area contributed by atoms with Gasteiger partial charge < -0.3 is 0 Å². The minimum Gasteiger partial charge on any atom is -0.292 e.